The van der Waals surface area contributed by atoms with E-state index in [1.165, 1.54) is 0 Å². The minimum Gasteiger partial charge on any atom is -0.508 e. The smallest absolute Gasteiger partial charge is 0.241 e. The Morgan fingerprint density at radius 3 is 2.16 bits per heavy atom. The lowest BCUT2D eigenvalue weighted by atomic mass is 10.1. The Kier molecular flexibility index (Phi) is 11.1. The van der Waals surface area contributed by atoms with E-state index >= 15 is 0 Å². The van der Waals surface area contributed by atoms with E-state index in [9.17, 15) is 5.11 Å². The van der Waals surface area contributed by atoms with Crippen LogP contribution in [0.2, 0.25) is 0 Å². The van der Waals surface area contributed by atoms with Crippen LogP contribution in [0.25, 0.3) is 11.3 Å². The number of ether oxygens (including phenoxy) is 3. The van der Waals surface area contributed by atoms with E-state index in [1.807, 2.05) is 6.92 Å². The number of hydrogen-bond acceptors (Lipinski definition) is 6. The molecular weight excluding hydrogens is 404 g/mol. The Bertz CT molecular complexity index is 812. The molecule has 0 radical (unpaired) electrons. The molecule has 2 atom stereocenters. The number of nitrogens with zero attached hydrogens (tertiary/aromatic N) is 2. The van der Waals surface area contributed by atoms with Crippen molar-refractivity contribution in [1.29, 1.82) is 0 Å². The van der Waals surface area contributed by atoms with Gasteiger partial charge < -0.3 is 19.3 Å². The van der Waals surface area contributed by atoms with Crippen LogP contribution < -0.4 is 14.2 Å². The minimum absolute atomic E-state index is 0.0652. The first-order chi connectivity index (χ1) is 15.6. The molecule has 0 spiro atoms. The predicted octanol–water partition coefficient (Wildman–Crippen LogP) is 6.94. The van der Waals surface area contributed by atoms with E-state index in [4.69, 9.17) is 19.2 Å². The summed E-state index contributed by atoms with van der Waals surface area (Å²) in [6.45, 7) is 11.0. The van der Waals surface area contributed by atoms with E-state index in [0.29, 0.717) is 29.8 Å². The van der Waals surface area contributed by atoms with Gasteiger partial charge >= 0.3 is 0 Å². The SMILES string of the molecule is CCCCC(CC)Oc1cnc(OC(CC)CCCC)c(-c2ccc(O)cc2OCC)n1. The van der Waals surface area contributed by atoms with Crippen molar-refractivity contribution in [2.24, 2.45) is 0 Å². The highest BCUT2D eigenvalue weighted by molar-refractivity contribution is 5.72. The highest BCUT2D eigenvalue weighted by atomic mass is 16.5. The van der Waals surface area contributed by atoms with Crippen LogP contribution in [0.1, 0.15) is 86.0 Å². The maximum absolute atomic E-state index is 9.98. The summed E-state index contributed by atoms with van der Waals surface area (Å²) < 4.78 is 18.3. The van der Waals surface area contributed by atoms with E-state index in [-0.39, 0.29) is 18.0 Å². The van der Waals surface area contributed by atoms with Crippen molar-refractivity contribution in [3.05, 3.63) is 24.4 Å². The van der Waals surface area contributed by atoms with Gasteiger partial charge in [0, 0.05) is 11.6 Å². The normalized spacial score (nSPS) is 12.9. The highest BCUT2D eigenvalue weighted by Crippen LogP contribution is 2.38. The van der Waals surface area contributed by atoms with Gasteiger partial charge in [0.2, 0.25) is 11.8 Å². The number of rotatable bonds is 15. The van der Waals surface area contributed by atoms with Crippen LogP contribution >= 0.6 is 0 Å². The van der Waals surface area contributed by atoms with Gasteiger partial charge in [0.25, 0.3) is 0 Å². The maximum atomic E-state index is 9.98. The molecule has 0 bridgehead atoms. The number of phenolic OH excluding ortho intramolecular Hbond substituents is 1. The maximum Gasteiger partial charge on any atom is 0.241 e. The Morgan fingerprint density at radius 1 is 0.906 bits per heavy atom. The molecule has 1 aromatic carbocycles. The topological polar surface area (TPSA) is 73.7 Å². The van der Waals surface area contributed by atoms with Gasteiger partial charge in [0.05, 0.1) is 12.8 Å². The second-order valence-electron chi connectivity index (χ2n) is 8.06. The van der Waals surface area contributed by atoms with Crippen molar-refractivity contribution in [3.8, 4) is 34.5 Å². The van der Waals surface area contributed by atoms with E-state index < -0.39 is 0 Å². The van der Waals surface area contributed by atoms with Crippen molar-refractivity contribution >= 4 is 0 Å². The zero-order valence-corrected chi connectivity index (χ0v) is 20.4. The van der Waals surface area contributed by atoms with E-state index in [0.717, 1.165) is 56.9 Å². The zero-order valence-electron chi connectivity index (χ0n) is 20.4. The van der Waals surface area contributed by atoms with E-state index in [2.05, 4.69) is 32.7 Å². The molecule has 32 heavy (non-hydrogen) atoms. The Morgan fingerprint density at radius 2 is 1.56 bits per heavy atom. The largest absolute Gasteiger partial charge is 0.508 e. The first-order valence-corrected chi connectivity index (χ1v) is 12.2. The van der Waals surface area contributed by atoms with Gasteiger partial charge in [-0.25, -0.2) is 9.97 Å². The van der Waals surface area contributed by atoms with Crippen LogP contribution in [-0.4, -0.2) is 33.9 Å². The molecule has 6 heteroatoms. The summed E-state index contributed by atoms with van der Waals surface area (Å²) in [7, 11) is 0. The van der Waals surface area contributed by atoms with Crippen molar-refractivity contribution in [2.45, 2.75) is 98.2 Å². The molecule has 0 aliphatic rings. The molecule has 1 N–H and O–H groups in total. The lowest BCUT2D eigenvalue weighted by Crippen LogP contribution is -2.18. The van der Waals surface area contributed by atoms with Gasteiger partial charge in [0.1, 0.15) is 29.4 Å². The van der Waals surface area contributed by atoms with Crippen LogP contribution in [0, 0.1) is 0 Å². The summed E-state index contributed by atoms with van der Waals surface area (Å²) in [6, 6.07) is 5.02. The molecule has 0 saturated carbocycles. The zero-order chi connectivity index (χ0) is 23.3. The number of phenols is 1. The second-order valence-corrected chi connectivity index (χ2v) is 8.06. The third-order valence-corrected chi connectivity index (χ3v) is 5.47. The highest BCUT2D eigenvalue weighted by Gasteiger charge is 2.21. The van der Waals surface area contributed by atoms with Gasteiger partial charge in [-0.3, -0.25) is 0 Å². The van der Waals surface area contributed by atoms with Crippen molar-refractivity contribution < 1.29 is 19.3 Å². The molecule has 2 aromatic rings. The van der Waals surface area contributed by atoms with Crippen molar-refractivity contribution in [2.75, 3.05) is 6.61 Å². The lowest BCUT2D eigenvalue weighted by molar-refractivity contribution is 0.166. The fourth-order valence-corrected chi connectivity index (χ4v) is 3.55. The summed E-state index contributed by atoms with van der Waals surface area (Å²) in [6.07, 6.45) is 10.0. The fourth-order valence-electron chi connectivity index (χ4n) is 3.55. The molecule has 2 unspecified atom stereocenters. The number of benzene rings is 1. The van der Waals surface area contributed by atoms with Crippen LogP contribution in [0.3, 0.4) is 0 Å². The van der Waals surface area contributed by atoms with Crippen LogP contribution in [0.15, 0.2) is 24.4 Å². The van der Waals surface area contributed by atoms with Gasteiger partial charge in [-0.15, -0.1) is 0 Å². The third kappa shape index (κ3) is 7.57. The Hall–Kier alpha value is -2.50. The molecule has 1 heterocycles. The molecule has 0 fully saturated rings. The quantitative estimate of drug-likeness (QED) is 0.321. The molecule has 2 rings (SSSR count). The monoisotopic (exact) mass is 444 g/mol. The molecule has 0 saturated heterocycles. The number of hydrogen-bond donors (Lipinski definition) is 1. The van der Waals surface area contributed by atoms with Gasteiger partial charge in [0.15, 0.2) is 0 Å². The Labute approximate surface area is 193 Å². The predicted molar refractivity (Wildman–Crippen MR) is 129 cm³/mol. The fraction of sp³-hybridized carbons (Fsp3) is 0.615. The number of aromatic hydroxyl groups is 1. The number of aromatic nitrogens is 2. The summed E-state index contributed by atoms with van der Waals surface area (Å²) in [5, 5.41) is 9.98. The average molecular weight is 445 g/mol. The third-order valence-electron chi connectivity index (χ3n) is 5.47. The standard InChI is InChI=1S/C26H40N2O4/c1-6-11-13-20(8-3)31-24-18-27-26(32-21(9-4)14-12-7-2)25(28-24)22-16-15-19(29)17-23(22)30-10-5/h15-18,20-21,29H,6-14H2,1-5H3. The van der Waals surface area contributed by atoms with Crippen LogP contribution in [-0.2, 0) is 0 Å². The summed E-state index contributed by atoms with van der Waals surface area (Å²) in [4.78, 5) is 9.42. The molecule has 0 aliphatic heterocycles. The van der Waals surface area contributed by atoms with E-state index in [1.54, 1.807) is 24.4 Å². The average Bonchev–Trinajstić information content (AvgIpc) is 2.80. The van der Waals surface area contributed by atoms with Crippen LogP contribution in [0.5, 0.6) is 23.3 Å². The summed E-state index contributed by atoms with van der Waals surface area (Å²) in [5.41, 5.74) is 1.30. The summed E-state index contributed by atoms with van der Waals surface area (Å²) >= 11 is 0. The molecular formula is C26H40N2O4. The van der Waals surface area contributed by atoms with Crippen molar-refractivity contribution in [3.63, 3.8) is 0 Å². The first kappa shape index (κ1) is 25.8. The van der Waals surface area contributed by atoms with Crippen molar-refractivity contribution in [1.82, 2.24) is 9.97 Å². The molecule has 1 aromatic heterocycles. The Balaban J connectivity index is 2.45. The minimum atomic E-state index is 0.0652. The lowest BCUT2D eigenvalue weighted by Gasteiger charge is -2.21. The van der Waals surface area contributed by atoms with Gasteiger partial charge in [-0.05, 0) is 44.7 Å². The number of unbranched alkanes of at least 4 members (excludes halogenated alkanes) is 2. The van der Waals surface area contributed by atoms with Crippen LogP contribution in [0.4, 0.5) is 0 Å². The van der Waals surface area contributed by atoms with Gasteiger partial charge in [-0.2, -0.15) is 0 Å². The van der Waals surface area contributed by atoms with Gasteiger partial charge in [-0.1, -0.05) is 53.4 Å². The summed E-state index contributed by atoms with van der Waals surface area (Å²) in [5.74, 6) is 1.63. The second kappa shape index (κ2) is 13.8. The molecule has 178 valence electrons. The molecule has 0 aliphatic carbocycles. The first-order valence-electron chi connectivity index (χ1n) is 12.2. The molecule has 6 nitrogen and oxygen atoms in total. The molecule has 0 amide bonds.